The van der Waals surface area contributed by atoms with Crippen LogP contribution in [0.3, 0.4) is 0 Å². The third-order valence-electron chi connectivity index (χ3n) is 17.0. The highest BCUT2D eigenvalue weighted by Gasteiger charge is 2.26. The van der Waals surface area contributed by atoms with Gasteiger partial charge < -0.3 is 20.1 Å². The van der Waals surface area contributed by atoms with Crippen LogP contribution in [0, 0.1) is 0 Å². The number of rotatable bonds is 72. The Hall–Kier alpha value is -1.77. The fraction of sp³-hybridized carbons (Fsp3) is 0.893. The molecule has 0 radical (unpaired) electrons. The minimum atomic E-state index is -4.39. The molecule has 9 nitrogen and oxygen atoms in total. The molecule has 0 fully saturated rings. The summed E-state index contributed by atoms with van der Waals surface area (Å²) in [4.78, 5) is 35.4. The molecule has 0 bridgehead atoms. The van der Waals surface area contributed by atoms with E-state index in [0.29, 0.717) is 6.42 Å². The van der Waals surface area contributed by atoms with Crippen molar-refractivity contribution in [2.45, 2.75) is 405 Å². The second kappa shape index (κ2) is 71.3. The third kappa shape index (κ3) is 71.2. The van der Waals surface area contributed by atoms with Crippen LogP contribution in [0.4, 0.5) is 0 Å². The van der Waals surface area contributed by atoms with Gasteiger partial charge in [0.25, 0.3) is 0 Å². The van der Waals surface area contributed by atoms with Gasteiger partial charge in [-0.3, -0.25) is 18.6 Å². The molecule has 0 aliphatic rings. The van der Waals surface area contributed by atoms with Crippen LogP contribution in [-0.2, 0) is 32.7 Å². The van der Waals surface area contributed by atoms with E-state index < -0.39 is 26.5 Å². The second-order valence-corrected chi connectivity index (χ2v) is 27.0. The molecule has 3 N–H and O–H groups in total. The van der Waals surface area contributed by atoms with Gasteiger partial charge in [-0.1, -0.05) is 352 Å². The molecule has 10 heteroatoms. The van der Waals surface area contributed by atoms with Crippen LogP contribution in [0.25, 0.3) is 0 Å². The molecule has 0 saturated heterocycles. The number of phosphoric ester groups is 1. The van der Waals surface area contributed by atoms with Crippen LogP contribution in [0.5, 0.6) is 0 Å². The summed E-state index contributed by atoms with van der Waals surface area (Å²) in [6.45, 7) is 3.81. The molecule has 0 rings (SSSR count). The molecule has 0 aromatic heterocycles. The van der Waals surface area contributed by atoms with E-state index >= 15 is 0 Å². The van der Waals surface area contributed by atoms with Crippen molar-refractivity contribution in [3.05, 3.63) is 36.5 Å². The quantitative estimate of drug-likeness (QED) is 0.0264. The number of hydrogen-bond acceptors (Lipinski definition) is 8. The lowest BCUT2D eigenvalue weighted by molar-refractivity contribution is -0.161. The van der Waals surface area contributed by atoms with Gasteiger partial charge in [-0.05, 0) is 70.6 Å². The standard InChI is InChI=1S/C75H144NO8P/c1-3-5-7-9-11-13-15-17-19-21-23-25-27-29-31-32-33-34-35-36-37-38-39-40-42-43-45-47-49-51-53-55-57-59-61-63-65-67-74(77)81-71-73(72-83-85(79,80)82-70-69-76)84-75(78)68-66-64-62-60-58-56-54-52-50-48-46-44-41-30-28-26-24-22-20-18-16-14-12-10-8-6-4-2/h16,18,21-24,73H,3-15,17,19-20,25-72,76H2,1-2H3,(H,79,80)/b18-16-,23-21-,24-22-. The van der Waals surface area contributed by atoms with E-state index in [0.717, 1.165) is 38.5 Å². The molecule has 0 aromatic carbocycles. The van der Waals surface area contributed by atoms with Crippen LogP contribution < -0.4 is 5.73 Å². The van der Waals surface area contributed by atoms with Crippen molar-refractivity contribution < 1.29 is 37.6 Å². The normalized spacial score (nSPS) is 13.0. The van der Waals surface area contributed by atoms with Gasteiger partial charge in [-0.25, -0.2) is 4.57 Å². The Morgan fingerprint density at radius 1 is 0.353 bits per heavy atom. The Bertz CT molecular complexity index is 1490. The molecule has 2 unspecified atom stereocenters. The van der Waals surface area contributed by atoms with Gasteiger partial charge in [0.15, 0.2) is 6.10 Å². The summed E-state index contributed by atoms with van der Waals surface area (Å²) in [5.74, 6) is -0.805. The van der Waals surface area contributed by atoms with Crippen molar-refractivity contribution >= 4 is 19.8 Å². The van der Waals surface area contributed by atoms with Gasteiger partial charge in [0.05, 0.1) is 13.2 Å². The van der Waals surface area contributed by atoms with Gasteiger partial charge in [0.1, 0.15) is 6.61 Å². The predicted octanol–water partition coefficient (Wildman–Crippen LogP) is 24.6. The Labute approximate surface area is 528 Å². The van der Waals surface area contributed by atoms with E-state index in [1.54, 1.807) is 0 Å². The smallest absolute Gasteiger partial charge is 0.462 e. The highest BCUT2D eigenvalue weighted by atomic mass is 31.2. The molecular formula is C75H144NO8P. The number of carbonyl (C=O) groups is 2. The van der Waals surface area contributed by atoms with E-state index in [4.69, 9.17) is 24.3 Å². The van der Waals surface area contributed by atoms with Crippen molar-refractivity contribution in [3.8, 4) is 0 Å². The Kier molecular flexibility index (Phi) is 69.8. The molecule has 0 aliphatic heterocycles. The largest absolute Gasteiger partial charge is 0.472 e. The average Bonchev–Trinajstić information content (AvgIpc) is 3.53. The molecular weight excluding hydrogens is 1070 g/mol. The van der Waals surface area contributed by atoms with Gasteiger partial charge in [0, 0.05) is 19.4 Å². The minimum Gasteiger partial charge on any atom is -0.462 e. The summed E-state index contributed by atoms with van der Waals surface area (Å²) in [6, 6.07) is 0. The third-order valence-corrected chi connectivity index (χ3v) is 18.0. The fourth-order valence-corrected chi connectivity index (χ4v) is 12.2. The maximum atomic E-state index is 12.8. The summed E-state index contributed by atoms with van der Waals surface area (Å²) >= 11 is 0. The average molecular weight is 1220 g/mol. The minimum absolute atomic E-state index is 0.0558. The number of allylic oxidation sites excluding steroid dienone is 6. The van der Waals surface area contributed by atoms with E-state index in [1.165, 1.54) is 327 Å². The zero-order valence-corrected chi connectivity index (χ0v) is 57.5. The number of phosphoric acid groups is 1. The first-order valence-electron chi connectivity index (χ1n) is 37.5. The fourth-order valence-electron chi connectivity index (χ4n) is 11.4. The number of nitrogens with two attached hydrogens (primary N) is 1. The second-order valence-electron chi connectivity index (χ2n) is 25.5. The van der Waals surface area contributed by atoms with Crippen LogP contribution >= 0.6 is 7.82 Å². The van der Waals surface area contributed by atoms with Gasteiger partial charge in [-0.15, -0.1) is 0 Å². The molecule has 502 valence electrons. The Morgan fingerprint density at radius 3 is 0.906 bits per heavy atom. The Balaban J connectivity index is 3.77. The lowest BCUT2D eigenvalue weighted by atomic mass is 10.0. The van der Waals surface area contributed by atoms with Crippen molar-refractivity contribution in [2.75, 3.05) is 26.4 Å². The summed E-state index contributed by atoms with van der Waals surface area (Å²) in [5.41, 5.74) is 5.41. The molecule has 85 heavy (non-hydrogen) atoms. The number of carbonyl (C=O) groups excluding carboxylic acids is 2. The van der Waals surface area contributed by atoms with E-state index in [-0.39, 0.29) is 38.6 Å². The maximum Gasteiger partial charge on any atom is 0.472 e. The molecule has 0 aliphatic carbocycles. The van der Waals surface area contributed by atoms with E-state index in [1.807, 2.05) is 0 Å². The molecule has 0 spiro atoms. The zero-order valence-electron chi connectivity index (χ0n) is 56.6. The zero-order chi connectivity index (χ0) is 61.6. The van der Waals surface area contributed by atoms with Crippen molar-refractivity contribution in [3.63, 3.8) is 0 Å². The maximum absolute atomic E-state index is 12.8. The highest BCUT2D eigenvalue weighted by Crippen LogP contribution is 2.43. The lowest BCUT2D eigenvalue weighted by Crippen LogP contribution is -2.29. The molecule has 0 heterocycles. The summed E-state index contributed by atoms with van der Waals surface area (Å²) in [6.07, 6.45) is 89.8. The molecule has 0 aromatic rings. The predicted molar refractivity (Wildman–Crippen MR) is 367 cm³/mol. The number of unbranched alkanes of at least 4 members (excludes halogenated alkanes) is 53. The molecule has 2 atom stereocenters. The first kappa shape index (κ1) is 83.2. The first-order chi connectivity index (χ1) is 41.8. The SMILES string of the molecule is CCCCCCC/C=C\C/C=C\CCCCCCCCCCCCCCCCCC(=O)OC(COC(=O)CCCCCCCCCCCCCCCCCCCCCCCCCCC/C=C\CCCCCCCCCC)COP(=O)(O)OCCN. The summed E-state index contributed by atoms with van der Waals surface area (Å²) < 4.78 is 33.2. The number of ether oxygens (including phenoxy) is 2. The van der Waals surface area contributed by atoms with Crippen LogP contribution in [0.2, 0.25) is 0 Å². The lowest BCUT2D eigenvalue weighted by Gasteiger charge is -2.19. The summed E-state index contributed by atoms with van der Waals surface area (Å²) in [5, 5.41) is 0. The van der Waals surface area contributed by atoms with Crippen molar-refractivity contribution in [1.29, 1.82) is 0 Å². The molecule has 0 amide bonds. The Morgan fingerprint density at radius 2 is 0.612 bits per heavy atom. The van der Waals surface area contributed by atoms with E-state index in [9.17, 15) is 19.0 Å². The van der Waals surface area contributed by atoms with Crippen molar-refractivity contribution in [2.24, 2.45) is 5.73 Å². The highest BCUT2D eigenvalue weighted by molar-refractivity contribution is 7.47. The monoisotopic (exact) mass is 1220 g/mol. The van der Waals surface area contributed by atoms with Crippen LogP contribution in [-0.4, -0.2) is 49.3 Å². The van der Waals surface area contributed by atoms with Crippen LogP contribution in [0.15, 0.2) is 36.5 Å². The van der Waals surface area contributed by atoms with E-state index in [2.05, 4.69) is 50.3 Å². The van der Waals surface area contributed by atoms with Gasteiger partial charge in [-0.2, -0.15) is 0 Å². The van der Waals surface area contributed by atoms with Gasteiger partial charge in [0.2, 0.25) is 0 Å². The summed E-state index contributed by atoms with van der Waals surface area (Å²) in [7, 11) is -4.39. The topological polar surface area (TPSA) is 134 Å². The van der Waals surface area contributed by atoms with Gasteiger partial charge >= 0.3 is 19.8 Å². The van der Waals surface area contributed by atoms with Crippen molar-refractivity contribution in [1.82, 2.24) is 0 Å². The number of esters is 2. The molecule has 0 saturated carbocycles. The number of hydrogen-bond donors (Lipinski definition) is 2. The first-order valence-corrected chi connectivity index (χ1v) is 39.0. The van der Waals surface area contributed by atoms with Crippen LogP contribution in [0.1, 0.15) is 399 Å².